The molecule has 27 heavy (non-hydrogen) atoms. The summed E-state index contributed by atoms with van der Waals surface area (Å²) >= 11 is 0. The van der Waals surface area contributed by atoms with Crippen LogP contribution in [0.4, 0.5) is 17.3 Å². The van der Waals surface area contributed by atoms with Gasteiger partial charge in [0.2, 0.25) is 0 Å². The number of rotatable bonds is 8. The first-order valence-corrected chi connectivity index (χ1v) is 9.50. The summed E-state index contributed by atoms with van der Waals surface area (Å²) in [5, 5.41) is 3.40. The molecule has 3 rings (SSSR count). The topological polar surface area (TPSA) is 56.8 Å². The Labute approximate surface area is 162 Å². The fourth-order valence-electron chi connectivity index (χ4n) is 3.22. The van der Waals surface area contributed by atoms with Crippen molar-refractivity contribution in [3.8, 4) is 5.75 Å². The SMILES string of the molecule is COc1ccc(N2CCN(c3cc(NCCCN(C)C)ncn3)CC2)cc1. The molecular formula is C20H30N6O. The fraction of sp³-hybridized carbons (Fsp3) is 0.500. The molecule has 0 spiro atoms. The minimum atomic E-state index is 0.893. The molecule has 7 nitrogen and oxygen atoms in total. The monoisotopic (exact) mass is 370 g/mol. The number of anilines is 3. The zero-order valence-corrected chi connectivity index (χ0v) is 16.6. The van der Waals surface area contributed by atoms with Crippen LogP contribution in [-0.2, 0) is 0 Å². The van der Waals surface area contributed by atoms with E-state index in [2.05, 4.69) is 62.3 Å². The molecule has 1 fully saturated rings. The van der Waals surface area contributed by atoms with E-state index in [0.29, 0.717) is 0 Å². The number of ether oxygens (including phenoxy) is 1. The number of nitrogens with one attached hydrogen (secondary N) is 1. The second-order valence-corrected chi connectivity index (χ2v) is 7.02. The quantitative estimate of drug-likeness (QED) is 0.715. The first kappa shape index (κ1) is 19.2. The summed E-state index contributed by atoms with van der Waals surface area (Å²) in [4.78, 5) is 15.7. The molecule has 2 aromatic rings. The third-order valence-electron chi connectivity index (χ3n) is 4.78. The molecule has 0 amide bonds. The van der Waals surface area contributed by atoms with Crippen LogP contribution in [0.25, 0.3) is 0 Å². The van der Waals surface area contributed by atoms with Crippen molar-refractivity contribution in [1.29, 1.82) is 0 Å². The summed E-state index contributed by atoms with van der Waals surface area (Å²) in [7, 11) is 5.88. The smallest absolute Gasteiger partial charge is 0.134 e. The van der Waals surface area contributed by atoms with E-state index < -0.39 is 0 Å². The lowest BCUT2D eigenvalue weighted by molar-refractivity contribution is 0.405. The Bertz CT molecular complexity index is 698. The summed E-state index contributed by atoms with van der Waals surface area (Å²) < 4.78 is 5.24. The Balaban J connectivity index is 1.52. The molecule has 0 radical (unpaired) electrons. The van der Waals surface area contributed by atoms with E-state index >= 15 is 0 Å². The lowest BCUT2D eigenvalue weighted by Crippen LogP contribution is -2.46. The van der Waals surface area contributed by atoms with Gasteiger partial charge < -0.3 is 24.8 Å². The van der Waals surface area contributed by atoms with Gasteiger partial charge in [-0.2, -0.15) is 0 Å². The van der Waals surface area contributed by atoms with Gasteiger partial charge in [0.05, 0.1) is 7.11 Å². The first-order valence-electron chi connectivity index (χ1n) is 9.50. The highest BCUT2D eigenvalue weighted by Crippen LogP contribution is 2.22. The Morgan fingerprint density at radius 1 is 1.04 bits per heavy atom. The maximum Gasteiger partial charge on any atom is 0.134 e. The van der Waals surface area contributed by atoms with E-state index in [1.807, 2.05) is 12.1 Å². The molecule has 7 heteroatoms. The molecule has 0 atom stereocenters. The number of aromatic nitrogens is 2. The molecule has 2 heterocycles. The van der Waals surface area contributed by atoms with Crippen molar-refractivity contribution in [2.45, 2.75) is 6.42 Å². The van der Waals surface area contributed by atoms with Crippen LogP contribution >= 0.6 is 0 Å². The average Bonchev–Trinajstić information content (AvgIpc) is 2.71. The summed E-state index contributed by atoms with van der Waals surface area (Å²) in [6.07, 6.45) is 2.74. The van der Waals surface area contributed by atoms with Crippen LogP contribution in [0.15, 0.2) is 36.7 Å². The van der Waals surface area contributed by atoms with Crippen molar-refractivity contribution in [2.24, 2.45) is 0 Å². The lowest BCUT2D eigenvalue weighted by Gasteiger charge is -2.36. The van der Waals surface area contributed by atoms with E-state index in [0.717, 1.165) is 63.1 Å². The summed E-state index contributed by atoms with van der Waals surface area (Å²) in [5.74, 6) is 2.79. The molecule has 0 bridgehead atoms. The van der Waals surface area contributed by atoms with Crippen molar-refractivity contribution < 1.29 is 4.74 Å². The van der Waals surface area contributed by atoms with Gasteiger partial charge in [0.1, 0.15) is 23.7 Å². The van der Waals surface area contributed by atoms with Crippen molar-refractivity contribution >= 4 is 17.3 Å². The maximum absolute atomic E-state index is 5.24. The van der Waals surface area contributed by atoms with Crippen LogP contribution < -0.4 is 19.9 Å². The van der Waals surface area contributed by atoms with Crippen LogP contribution in [0.5, 0.6) is 5.75 Å². The first-order chi connectivity index (χ1) is 13.2. The van der Waals surface area contributed by atoms with Crippen molar-refractivity contribution in [1.82, 2.24) is 14.9 Å². The van der Waals surface area contributed by atoms with Gasteiger partial charge in [-0.1, -0.05) is 0 Å². The minimum absolute atomic E-state index is 0.893. The highest BCUT2D eigenvalue weighted by Gasteiger charge is 2.18. The van der Waals surface area contributed by atoms with Crippen LogP contribution in [0.3, 0.4) is 0 Å². The molecular weight excluding hydrogens is 340 g/mol. The molecule has 0 unspecified atom stereocenters. The number of hydrogen-bond acceptors (Lipinski definition) is 7. The predicted octanol–water partition coefficient (Wildman–Crippen LogP) is 2.18. The number of piperazine rings is 1. The Morgan fingerprint density at radius 2 is 1.74 bits per heavy atom. The van der Waals surface area contributed by atoms with Gasteiger partial charge in [-0.25, -0.2) is 9.97 Å². The van der Waals surface area contributed by atoms with Gasteiger partial charge in [-0.15, -0.1) is 0 Å². The number of hydrogen-bond donors (Lipinski definition) is 1. The van der Waals surface area contributed by atoms with Gasteiger partial charge >= 0.3 is 0 Å². The minimum Gasteiger partial charge on any atom is -0.497 e. The van der Waals surface area contributed by atoms with Crippen molar-refractivity contribution in [3.63, 3.8) is 0 Å². The predicted molar refractivity (Wildman–Crippen MR) is 111 cm³/mol. The standard InChI is InChI=1S/C20H30N6O/c1-24(2)10-4-9-21-19-15-20(23-16-22-19)26-13-11-25(12-14-26)17-5-7-18(27-3)8-6-17/h5-8,15-16H,4,9-14H2,1-3H3,(H,21,22,23). The number of methoxy groups -OCH3 is 1. The van der Waals surface area contributed by atoms with Crippen LogP contribution in [0.2, 0.25) is 0 Å². The fourth-order valence-corrected chi connectivity index (χ4v) is 3.22. The zero-order chi connectivity index (χ0) is 19.1. The molecule has 1 aromatic heterocycles. The highest BCUT2D eigenvalue weighted by molar-refractivity contribution is 5.53. The third-order valence-corrected chi connectivity index (χ3v) is 4.78. The zero-order valence-electron chi connectivity index (χ0n) is 16.6. The second-order valence-electron chi connectivity index (χ2n) is 7.02. The van der Waals surface area contributed by atoms with Gasteiger partial charge in [0, 0.05) is 44.5 Å². The van der Waals surface area contributed by atoms with Crippen LogP contribution in [0, 0.1) is 0 Å². The van der Waals surface area contributed by atoms with E-state index in [-0.39, 0.29) is 0 Å². The lowest BCUT2D eigenvalue weighted by atomic mass is 10.2. The van der Waals surface area contributed by atoms with Crippen LogP contribution in [-0.4, -0.2) is 75.3 Å². The summed E-state index contributed by atoms with van der Waals surface area (Å²) in [6.45, 7) is 5.83. The highest BCUT2D eigenvalue weighted by atomic mass is 16.5. The molecule has 146 valence electrons. The molecule has 1 aliphatic rings. The normalized spacial score (nSPS) is 14.5. The summed E-state index contributed by atoms with van der Waals surface area (Å²) in [6, 6.07) is 10.3. The van der Waals surface area contributed by atoms with E-state index in [9.17, 15) is 0 Å². The average molecular weight is 371 g/mol. The largest absolute Gasteiger partial charge is 0.497 e. The second kappa shape index (κ2) is 9.41. The number of benzene rings is 1. The molecule has 1 N–H and O–H groups in total. The molecule has 0 saturated carbocycles. The van der Waals surface area contributed by atoms with Crippen LogP contribution in [0.1, 0.15) is 6.42 Å². The van der Waals surface area contributed by atoms with E-state index in [1.54, 1.807) is 13.4 Å². The Morgan fingerprint density at radius 3 is 2.41 bits per heavy atom. The van der Waals surface area contributed by atoms with E-state index in [4.69, 9.17) is 4.74 Å². The Hall–Kier alpha value is -2.54. The van der Waals surface area contributed by atoms with Crippen molar-refractivity contribution in [2.75, 3.05) is 75.6 Å². The maximum atomic E-state index is 5.24. The van der Waals surface area contributed by atoms with Crippen molar-refractivity contribution in [3.05, 3.63) is 36.7 Å². The van der Waals surface area contributed by atoms with E-state index in [1.165, 1.54) is 5.69 Å². The molecule has 0 aliphatic carbocycles. The molecule has 1 aromatic carbocycles. The Kier molecular flexibility index (Phi) is 6.70. The third kappa shape index (κ3) is 5.47. The molecule has 1 saturated heterocycles. The van der Waals surface area contributed by atoms with Gasteiger partial charge in [-0.05, 0) is 51.3 Å². The number of nitrogens with zero attached hydrogens (tertiary/aromatic N) is 5. The van der Waals surface area contributed by atoms with Gasteiger partial charge in [0.15, 0.2) is 0 Å². The summed E-state index contributed by atoms with van der Waals surface area (Å²) in [5.41, 5.74) is 1.24. The molecule has 1 aliphatic heterocycles. The van der Waals surface area contributed by atoms with Gasteiger partial charge in [0.25, 0.3) is 0 Å². The van der Waals surface area contributed by atoms with Gasteiger partial charge in [-0.3, -0.25) is 0 Å².